The number of ether oxygens (including phenoxy) is 3. The Kier molecular flexibility index (Phi) is 6.34. The average Bonchev–Trinajstić information content (AvgIpc) is 2.66. The van der Waals surface area contributed by atoms with Crippen molar-refractivity contribution in [1.82, 2.24) is 0 Å². The number of cyclic esters (lactones) is 2. The highest BCUT2D eigenvalue weighted by Gasteiger charge is 2.52. The van der Waals surface area contributed by atoms with Crippen LogP contribution in [0.25, 0.3) is 0 Å². The minimum atomic E-state index is -1.29. The van der Waals surface area contributed by atoms with Crippen LogP contribution in [0.2, 0.25) is 10.0 Å². The second kappa shape index (κ2) is 8.48. The van der Waals surface area contributed by atoms with E-state index in [1.807, 2.05) is 37.3 Å². The number of carbonyl (C=O) groups excluding carboxylic acids is 2. The van der Waals surface area contributed by atoms with Crippen LogP contribution in [0.5, 0.6) is 5.75 Å². The molecule has 0 bridgehead atoms. The van der Waals surface area contributed by atoms with E-state index in [1.165, 1.54) is 13.8 Å². The molecule has 0 aromatic heterocycles. The van der Waals surface area contributed by atoms with Gasteiger partial charge in [-0.15, -0.1) is 0 Å². The summed E-state index contributed by atoms with van der Waals surface area (Å²) in [5, 5.41) is 0.594. The standard InChI is InChI=1S/C23H24Cl2O5/c1-5-23(4,18-20(26)29-22(2,3)30-21(18)27)15-11-16(24)19(17(25)12-15)28-13-14-9-7-6-8-10-14/h6-12,18H,5,13H2,1-4H3/t23-/m0/s1. The molecule has 0 spiro atoms. The zero-order valence-corrected chi connectivity index (χ0v) is 18.8. The summed E-state index contributed by atoms with van der Waals surface area (Å²) in [6.45, 7) is 7.03. The fraction of sp³-hybridized carbons (Fsp3) is 0.391. The van der Waals surface area contributed by atoms with Crippen molar-refractivity contribution in [2.75, 3.05) is 0 Å². The van der Waals surface area contributed by atoms with E-state index in [1.54, 1.807) is 19.1 Å². The third-order valence-electron chi connectivity index (χ3n) is 5.42. The summed E-state index contributed by atoms with van der Waals surface area (Å²) in [5.74, 6) is -3.32. The molecule has 2 aromatic carbocycles. The summed E-state index contributed by atoms with van der Waals surface area (Å²) >= 11 is 13.0. The van der Waals surface area contributed by atoms with Gasteiger partial charge in [-0.2, -0.15) is 0 Å². The van der Waals surface area contributed by atoms with Gasteiger partial charge in [-0.05, 0) is 29.7 Å². The number of halogens is 2. The van der Waals surface area contributed by atoms with Gasteiger partial charge in [0.15, 0.2) is 11.7 Å². The van der Waals surface area contributed by atoms with Crippen LogP contribution >= 0.6 is 23.2 Å². The molecule has 1 fully saturated rings. The molecule has 1 atom stereocenters. The summed E-state index contributed by atoms with van der Waals surface area (Å²) in [4.78, 5) is 25.4. The Morgan fingerprint density at radius 2 is 1.57 bits per heavy atom. The topological polar surface area (TPSA) is 61.8 Å². The lowest BCUT2D eigenvalue weighted by molar-refractivity contribution is -0.243. The van der Waals surface area contributed by atoms with E-state index >= 15 is 0 Å². The minimum Gasteiger partial charge on any atom is -0.486 e. The SMILES string of the molecule is CC[C@@](C)(c1cc(Cl)c(OCc2ccccc2)c(Cl)c1)C1C(=O)OC(C)(C)OC1=O. The van der Waals surface area contributed by atoms with E-state index in [-0.39, 0.29) is 0 Å². The first-order valence-corrected chi connectivity index (χ1v) is 10.4. The van der Waals surface area contributed by atoms with Crippen molar-refractivity contribution in [1.29, 1.82) is 0 Å². The third kappa shape index (κ3) is 4.42. The molecule has 30 heavy (non-hydrogen) atoms. The van der Waals surface area contributed by atoms with Crippen molar-refractivity contribution >= 4 is 35.1 Å². The van der Waals surface area contributed by atoms with Crippen molar-refractivity contribution in [3.63, 3.8) is 0 Å². The van der Waals surface area contributed by atoms with E-state index in [0.29, 0.717) is 34.4 Å². The Hall–Kier alpha value is -2.24. The van der Waals surface area contributed by atoms with Crippen LogP contribution in [0.3, 0.4) is 0 Å². The third-order valence-corrected chi connectivity index (χ3v) is 5.98. The molecule has 0 amide bonds. The molecule has 3 rings (SSSR count). The number of carbonyl (C=O) groups is 2. The fourth-order valence-electron chi connectivity index (χ4n) is 3.57. The van der Waals surface area contributed by atoms with E-state index in [9.17, 15) is 9.59 Å². The summed E-state index contributed by atoms with van der Waals surface area (Å²) in [7, 11) is 0. The van der Waals surface area contributed by atoms with Crippen LogP contribution in [0.15, 0.2) is 42.5 Å². The molecule has 0 unspecified atom stereocenters. The maximum atomic E-state index is 12.7. The number of hydrogen-bond donors (Lipinski definition) is 0. The van der Waals surface area contributed by atoms with Crippen LogP contribution in [-0.2, 0) is 31.1 Å². The largest absolute Gasteiger partial charge is 0.486 e. The Labute approximate surface area is 186 Å². The van der Waals surface area contributed by atoms with Crippen molar-refractivity contribution in [2.45, 2.75) is 51.9 Å². The van der Waals surface area contributed by atoms with E-state index in [0.717, 1.165) is 5.56 Å². The highest BCUT2D eigenvalue weighted by Crippen LogP contribution is 2.45. The molecule has 160 valence electrons. The highest BCUT2D eigenvalue weighted by molar-refractivity contribution is 6.37. The van der Waals surface area contributed by atoms with Gasteiger partial charge in [-0.1, -0.05) is 67.4 Å². The predicted molar refractivity (Wildman–Crippen MR) is 115 cm³/mol. The zero-order valence-electron chi connectivity index (χ0n) is 17.3. The molecule has 2 aromatic rings. The van der Waals surface area contributed by atoms with Gasteiger partial charge in [0, 0.05) is 19.3 Å². The van der Waals surface area contributed by atoms with Crippen molar-refractivity contribution in [2.24, 2.45) is 5.92 Å². The monoisotopic (exact) mass is 450 g/mol. The number of esters is 2. The lowest BCUT2D eigenvalue weighted by Crippen LogP contribution is -2.53. The van der Waals surface area contributed by atoms with Gasteiger partial charge in [0.1, 0.15) is 6.61 Å². The summed E-state index contributed by atoms with van der Waals surface area (Å²) in [5.41, 5.74) is 0.684. The molecule has 7 heteroatoms. The quantitative estimate of drug-likeness (QED) is 0.417. The maximum absolute atomic E-state index is 12.7. The minimum absolute atomic E-state index is 0.297. The van der Waals surface area contributed by atoms with Gasteiger partial charge < -0.3 is 14.2 Å². The smallest absolute Gasteiger partial charge is 0.324 e. The van der Waals surface area contributed by atoms with Gasteiger partial charge >= 0.3 is 11.9 Å². The van der Waals surface area contributed by atoms with Crippen molar-refractivity contribution in [3.05, 3.63) is 63.6 Å². The maximum Gasteiger partial charge on any atom is 0.324 e. The molecule has 0 saturated carbocycles. The zero-order chi connectivity index (χ0) is 22.1. The van der Waals surface area contributed by atoms with Gasteiger partial charge in [0.2, 0.25) is 0 Å². The lowest BCUT2D eigenvalue weighted by Gasteiger charge is -2.41. The van der Waals surface area contributed by atoms with E-state index in [2.05, 4.69) is 0 Å². The van der Waals surface area contributed by atoms with Crippen LogP contribution in [0.1, 0.15) is 45.2 Å². The fourth-order valence-corrected chi connectivity index (χ4v) is 4.17. The predicted octanol–water partition coefficient (Wildman–Crippen LogP) is 5.69. The van der Waals surface area contributed by atoms with Crippen molar-refractivity contribution < 1.29 is 23.8 Å². The Bertz CT molecular complexity index is 914. The van der Waals surface area contributed by atoms with Gasteiger partial charge in [0.25, 0.3) is 5.79 Å². The summed E-state index contributed by atoms with van der Waals surface area (Å²) < 4.78 is 16.5. The number of hydrogen-bond acceptors (Lipinski definition) is 5. The first kappa shape index (κ1) is 22.4. The molecule has 1 heterocycles. The molecule has 1 aliphatic rings. The summed E-state index contributed by atoms with van der Waals surface area (Å²) in [6.07, 6.45) is 0.458. The van der Waals surface area contributed by atoms with Crippen LogP contribution in [-0.4, -0.2) is 17.7 Å². The van der Waals surface area contributed by atoms with Gasteiger partial charge in [-0.3, -0.25) is 9.59 Å². The van der Waals surface area contributed by atoms with Crippen LogP contribution in [0.4, 0.5) is 0 Å². The van der Waals surface area contributed by atoms with E-state index in [4.69, 9.17) is 37.4 Å². The van der Waals surface area contributed by atoms with Crippen LogP contribution in [0, 0.1) is 5.92 Å². The first-order chi connectivity index (χ1) is 14.1. The molecule has 0 aliphatic carbocycles. The van der Waals surface area contributed by atoms with Gasteiger partial charge in [-0.25, -0.2) is 0 Å². The average molecular weight is 451 g/mol. The number of rotatable bonds is 6. The molecule has 0 radical (unpaired) electrons. The van der Waals surface area contributed by atoms with Gasteiger partial charge in [0.05, 0.1) is 10.0 Å². The van der Waals surface area contributed by atoms with Crippen LogP contribution < -0.4 is 4.74 Å². The Balaban J connectivity index is 1.91. The summed E-state index contributed by atoms with van der Waals surface area (Å²) in [6, 6.07) is 13.0. The Morgan fingerprint density at radius 1 is 1.03 bits per heavy atom. The Morgan fingerprint density at radius 3 is 2.07 bits per heavy atom. The number of benzene rings is 2. The molecule has 1 saturated heterocycles. The normalized spacial score (nSPS) is 18.3. The molecule has 1 aliphatic heterocycles. The highest BCUT2D eigenvalue weighted by atomic mass is 35.5. The first-order valence-electron chi connectivity index (χ1n) is 9.69. The molecule has 5 nitrogen and oxygen atoms in total. The van der Waals surface area contributed by atoms with E-state index < -0.39 is 29.1 Å². The molecular weight excluding hydrogens is 427 g/mol. The molecule has 0 N–H and O–H groups in total. The second-order valence-corrected chi connectivity index (χ2v) is 8.80. The second-order valence-electron chi connectivity index (χ2n) is 7.99. The lowest BCUT2D eigenvalue weighted by atomic mass is 9.69. The van der Waals surface area contributed by atoms with Crippen molar-refractivity contribution in [3.8, 4) is 5.75 Å². The molecular formula is C23H24Cl2O5.